The maximum Gasteiger partial charge on any atom is 0.339 e. The highest BCUT2D eigenvalue weighted by Crippen LogP contribution is 2.40. The highest BCUT2D eigenvalue weighted by molar-refractivity contribution is 8.01. The fourth-order valence-electron chi connectivity index (χ4n) is 3.27. The van der Waals surface area contributed by atoms with E-state index in [1.54, 1.807) is 0 Å². The normalized spacial score (nSPS) is 20.1. The molecule has 2 aromatic heterocycles. The first-order chi connectivity index (χ1) is 16.2. The first kappa shape index (κ1) is 23.7. The van der Waals surface area contributed by atoms with Gasteiger partial charge in [-0.25, -0.2) is 4.98 Å². The average Bonchev–Trinajstić information content (AvgIpc) is 3.24. The molecule has 14 nitrogen and oxygen atoms in total. The summed E-state index contributed by atoms with van der Waals surface area (Å²) in [6, 6.07) is -0.934. The minimum atomic E-state index is -0.934. The van der Waals surface area contributed by atoms with Crippen molar-refractivity contribution in [1.82, 2.24) is 30.0 Å². The number of carbonyl (C=O) groups excluding carboxylic acids is 3. The number of amides is 2. The molecule has 0 radical (unpaired) electrons. The van der Waals surface area contributed by atoms with Crippen molar-refractivity contribution >= 4 is 63.8 Å². The lowest BCUT2D eigenvalue weighted by Gasteiger charge is -2.49. The number of aryl methyl sites for hydroxylation is 1. The third kappa shape index (κ3) is 4.24. The van der Waals surface area contributed by atoms with Gasteiger partial charge in [-0.2, -0.15) is 4.98 Å². The molecule has 5 N–H and O–H groups in total. The molecule has 4 rings (SSSR count). The van der Waals surface area contributed by atoms with Crippen LogP contribution in [0.3, 0.4) is 0 Å². The van der Waals surface area contributed by atoms with E-state index < -0.39 is 34.3 Å². The first-order valence-corrected chi connectivity index (χ1v) is 12.3. The number of aromatic amines is 1. The average molecular weight is 525 g/mol. The predicted octanol–water partition coefficient (Wildman–Crippen LogP) is -1.67. The standard InChI is InChI=1S/C17H16N8O6S3/c1-24-17(21-12(28)13(29)22-24)34-4-6-3-32-15-10(14(30)25(15)8(6)2-26)20-11(27)9(23-31)7-5-33-16(18)19-7/h2,5,10,15,31H,3-4H2,1H3,(H2,18,19)(H,20,27)(H,22,29)/b23-9-/t10-,15-/m1/s1. The molecule has 1 saturated heterocycles. The lowest BCUT2D eigenvalue weighted by molar-refractivity contribution is -0.145. The fourth-order valence-corrected chi connectivity index (χ4v) is 6.25. The number of nitrogen functional groups attached to an aromatic ring is 1. The molecule has 2 aliphatic rings. The fraction of sp³-hybridized carbons (Fsp3) is 0.294. The number of H-pyrrole nitrogens is 1. The molecule has 0 spiro atoms. The zero-order valence-electron chi connectivity index (χ0n) is 17.3. The van der Waals surface area contributed by atoms with Crippen molar-refractivity contribution < 1.29 is 19.6 Å². The van der Waals surface area contributed by atoms with Crippen LogP contribution in [0.4, 0.5) is 5.13 Å². The first-order valence-electron chi connectivity index (χ1n) is 9.41. The van der Waals surface area contributed by atoms with Crippen LogP contribution in [0, 0.1) is 0 Å². The highest BCUT2D eigenvalue weighted by Gasteiger charge is 2.52. The molecule has 0 aliphatic carbocycles. The van der Waals surface area contributed by atoms with Gasteiger partial charge in [0.25, 0.3) is 11.8 Å². The lowest BCUT2D eigenvalue weighted by atomic mass is 10.0. The number of rotatable bonds is 7. The van der Waals surface area contributed by atoms with Gasteiger partial charge < -0.3 is 16.3 Å². The van der Waals surface area contributed by atoms with E-state index in [0.29, 0.717) is 17.6 Å². The zero-order valence-corrected chi connectivity index (χ0v) is 19.7. The summed E-state index contributed by atoms with van der Waals surface area (Å²) >= 11 is 3.52. The zero-order chi connectivity index (χ0) is 24.6. The third-order valence-electron chi connectivity index (χ3n) is 4.89. The van der Waals surface area contributed by atoms with E-state index in [0.717, 1.165) is 23.1 Å². The summed E-state index contributed by atoms with van der Waals surface area (Å²) in [6.07, 6.45) is 0.566. The van der Waals surface area contributed by atoms with Crippen LogP contribution < -0.4 is 22.2 Å². The van der Waals surface area contributed by atoms with E-state index >= 15 is 0 Å². The summed E-state index contributed by atoms with van der Waals surface area (Å²) in [5.41, 5.74) is 4.26. The van der Waals surface area contributed by atoms with Crippen LogP contribution in [0.25, 0.3) is 0 Å². The second-order valence-electron chi connectivity index (χ2n) is 6.98. The second kappa shape index (κ2) is 9.43. The Kier molecular flexibility index (Phi) is 6.58. The molecule has 178 valence electrons. The highest BCUT2D eigenvalue weighted by atomic mass is 32.2. The monoisotopic (exact) mass is 524 g/mol. The lowest BCUT2D eigenvalue weighted by Crippen LogP contribution is -2.70. The summed E-state index contributed by atoms with van der Waals surface area (Å²) in [5, 5.41) is 18.4. The Morgan fingerprint density at radius 3 is 2.85 bits per heavy atom. The van der Waals surface area contributed by atoms with E-state index in [1.807, 2.05) is 0 Å². The number of allylic oxidation sites excluding steroid dienone is 1. The number of fused-ring (bicyclic) bond motifs is 1. The van der Waals surface area contributed by atoms with E-state index in [-0.39, 0.29) is 33.1 Å². The van der Waals surface area contributed by atoms with Crippen LogP contribution in [-0.4, -0.2) is 76.6 Å². The Morgan fingerprint density at radius 1 is 1.44 bits per heavy atom. The molecule has 0 aromatic carbocycles. The van der Waals surface area contributed by atoms with Crippen molar-refractivity contribution in [2.24, 2.45) is 12.2 Å². The van der Waals surface area contributed by atoms with Crippen molar-refractivity contribution in [2.75, 3.05) is 17.2 Å². The van der Waals surface area contributed by atoms with Gasteiger partial charge in [0.05, 0.1) is 5.70 Å². The van der Waals surface area contributed by atoms with Gasteiger partial charge in [-0.05, 0) is 5.57 Å². The molecule has 1 fully saturated rings. The van der Waals surface area contributed by atoms with E-state index in [9.17, 15) is 29.2 Å². The Labute approximate surface area is 202 Å². The van der Waals surface area contributed by atoms with Crippen molar-refractivity contribution in [2.45, 2.75) is 16.6 Å². The Balaban J connectivity index is 1.47. The van der Waals surface area contributed by atoms with Gasteiger partial charge in [0.2, 0.25) is 0 Å². The van der Waals surface area contributed by atoms with E-state index in [1.165, 1.54) is 33.8 Å². The van der Waals surface area contributed by atoms with Gasteiger partial charge in [0.15, 0.2) is 22.3 Å². The molecular formula is C17H16N8O6S3. The molecule has 2 atom stereocenters. The van der Waals surface area contributed by atoms with Crippen molar-refractivity contribution in [1.29, 1.82) is 0 Å². The number of hydrogen-bond acceptors (Lipinski definition) is 13. The van der Waals surface area contributed by atoms with Gasteiger partial charge in [-0.1, -0.05) is 16.9 Å². The van der Waals surface area contributed by atoms with Gasteiger partial charge in [-0.3, -0.25) is 38.7 Å². The number of nitrogens with two attached hydrogens (primary N) is 1. The summed E-state index contributed by atoms with van der Waals surface area (Å²) in [7, 11) is 1.52. The number of oxime groups is 1. The van der Waals surface area contributed by atoms with Gasteiger partial charge >= 0.3 is 11.1 Å². The number of aldehydes is 1. The van der Waals surface area contributed by atoms with Crippen LogP contribution in [0.1, 0.15) is 5.69 Å². The minimum absolute atomic E-state index is 0.0699. The second-order valence-corrected chi connectivity index (χ2v) is 9.91. The SMILES string of the molecule is Cn1[nH]c(=O)c(=O)nc1SCC1=C(C=O)N2C(=O)[C@@H](NC(=O)/C(=N\O)c3csc(N)n3)[C@H]2SC1. The molecular weight excluding hydrogens is 508 g/mol. The van der Waals surface area contributed by atoms with Crippen molar-refractivity contribution in [3.8, 4) is 0 Å². The molecule has 0 bridgehead atoms. The molecule has 2 aliphatic heterocycles. The van der Waals surface area contributed by atoms with Crippen molar-refractivity contribution in [3.63, 3.8) is 0 Å². The number of carbonyl (C=O) groups is 3. The summed E-state index contributed by atoms with van der Waals surface area (Å²) in [6.45, 7) is 0. The minimum Gasteiger partial charge on any atom is -0.410 e. The number of aromatic nitrogens is 4. The smallest absolute Gasteiger partial charge is 0.339 e. The number of hydrogen-bond donors (Lipinski definition) is 4. The summed E-state index contributed by atoms with van der Waals surface area (Å²) < 4.78 is 1.30. The molecule has 34 heavy (non-hydrogen) atoms. The number of β-lactam (4-membered cyclic amide) rings is 1. The summed E-state index contributed by atoms with van der Waals surface area (Å²) in [4.78, 5) is 68.9. The molecule has 4 heterocycles. The molecule has 17 heteroatoms. The number of thiazole rings is 1. The largest absolute Gasteiger partial charge is 0.410 e. The van der Waals surface area contributed by atoms with Gasteiger partial charge in [0, 0.05) is 23.9 Å². The summed E-state index contributed by atoms with van der Waals surface area (Å²) in [5.74, 6) is -0.690. The van der Waals surface area contributed by atoms with Crippen LogP contribution in [0.2, 0.25) is 0 Å². The molecule has 0 unspecified atom stereocenters. The Bertz CT molecular complexity index is 1360. The van der Waals surface area contributed by atoms with Gasteiger partial charge in [0.1, 0.15) is 17.1 Å². The van der Waals surface area contributed by atoms with Crippen LogP contribution in [0.15, 0.2) is 36.6 Å². The van der Waals surface area contributed by atoms with Crippen molar-refractivity contribution in [3.05, 3.63) is 43.1 Å². The maximum atomic E-state index is 12.8. The van der Waals surface area contributed by atoms with Gasteiger partial charge in [-0.15, -0.1) is 23.1 Å². The molecule has 0 saturated carbocycles. The number of nitrogens with zero attached hydrogens (tertiary/aromatic N) is 5. The van der Waals surface area contributed by atoms with E-state index in [2.05, 4.69) is 25.5 Å². The number of nitrogens with one attached hydrogen (secondary N) is 2. The van der Waals surface area contributed by atoms with Crippen LogP contribution >= 0.6 is 34.9 Å². The quantitative estimate of drug-likeness (QED) is 0.0612. The van der Waals surface area contributed by atoms with Crippen LogP contribution in [0.5, 0.6) is 0 Å². The Morgan fingerprint density at radius 2 is 2.21 bits per heavy atom. The molecule has 2 amide bonds. The predicted molar refractivity (Wildman–Crippen MR) is 124 cm³/mol. The Hall–Kier alpha value is -3.44. The number of anilines is 1. The number of thioether (sulfide) groups is 2. The molecule has 2 aromatic rings. The van der Waals surface area contributed by atoms with E-state index in [4.69, 9.17) is 5.73 Å². The van der Waals surface area contributed by atoms with Crippen LogP contribution in [-0.2, 0) is 21.4 Å². The topological polar surface area (TPSA) is 206 Å². The maximum absolute atomic E-state index is 12.8. The third-order valence-corrected chi connectivity index (χ3v) is 8.02.